The quantitative estimate of drug-likeness (QED) is 0.482. The molecule has 0 spiro atoms. The first kappa shape index (κ1) is 23.1. The number of nitrogens with zero attached hydrogens (tertiary/aromatic N) is 3. The molecule has 0 aliphatic rings. The molecule has 2 heterocycles. The number of pyridine rings is 1. The minimum Gasteiger partial charge on any atom is -0.489 e. The van der Waals surface area contributed by atoms with Gasteiger partial charge in [0.05, 0.1) is 12.1 Å². The van der Waals surface area contributed by atoms with Crippen LogP contribution in [0, 0.1) is 19.7 Å². The first-order valence-corrected chi connectivity index (χ1v) is 10.9. The lowest BCUT2D eigenvalue weighted by Gasteiger charge is -2.16. The lowest BCUT2D eigenvalue weighted by molar-refractivity contribution is 0.129. The molecule has 4 N–H and O–H groups in total. The number of rotatable bonds is 8. The number of nitrogens with one attached hydrogen (secondary N) is 1. The Bertz CT molecular complexity index is 1050. The molecule has 0 radical (unpaired) electrons. The van der Waals surface area contributed by atoms with Crippen molar-refractivity contribution < 1.29 is 14.2 Å². The van der Waals surface area contributed by atoms with E-state index in [-0.39, 0.29) is 18.4 Å². The van der Waals surface area contributed by atoms with Crippen LogP contribution in [0.25, 0.3) is 21.1 Å². The highest BCUT2D eigenvalue weighted by Gasteiger charge is 2.17. The number of aliphatic hydroxyl groups excluding tert-OH is 1. The number of anilines is 1. The molecule has 9 heteroatoms. The van der Waals surface area contributed by atoms with Gasteiger partial charge in [-0.1, -0.05) is 11.3 Å². The van der Waals surface area contributed by atoms with Crippen molar-refractivity contribution in [3.05, 3.63) is 41.3 Å². The van der Waals surface area contributed by atoms with Gasteiger partial charge in [-0.2, -0.15) is 0 Å². The topological polar surface area (TPSA) is 106 Å². The van der Waals surface area contributed by atoms with Gasteiger partial charge in [0.2, 0.25) is 0 Å². The van der Waals surface area contributed by atoms with Crippen LogP contribution in [0.5, 0.6) is 5.75 Å². The van der Waals surface area contributed by atoms with Gasteiger partial charge in [0.15, 0.2) is 11.6 Å². The summed E-state index contributed by atoms with van der Waals surface area (Å²) in [5.41, 5.74) is 8.99. The van der Waals surface area contributed by atoms with Gasteiger partial charge < -0.3 is 20.9 Å². The zero-order valence-corrected chi connectivity index (χ0v) is 19.1. The summed E-state index contributed by atoms with van der Waals surface area (Å²) < 4.78 is 20.1. The standard InChI is InChI=1S/C22H28FN5O2S/c1-11(2)25-20-8-15(7-13(4)26-20)21-27-28-22(31-21)16-9-17(23)19(6-12(16)3)30-10-18(24)14(5)29/h6-9,11,14,18,29H,10,24H2,1-5H3,(H,25,26)/t14-,18-/m0/s1. The average molecular weight is 446 g/mol. The van der Waals surface area contributed by atoms with Crippen LogP contribution in [0.1, 0.15) is 32.0 Å². The monoisotopic (exact) mass is 445 g/mol. The molecule has 2 atom stereocenters. The Kier molecular flexibility index (Phi) is 7.19. The van der Waals surface area contributed by atoms with Gasteiger partial charge in [0, 0.05) is 22.9 Å². The van der Waals surface area contributed by atoms with E-state index in [0.29, 0.717) is 10.6 Å². The molecule has 0 amide bonds. The molecule has 31 heavy (non-hydrogen) atoms. The highest BCUT2D eigenvalue weighted by Crippen LogP contribution is 2.35. The first-order chi connectivity index (χ1) is 14.6. The number of aliphatic hydroxyl groups is 1. The average Bonchev–Trinajstić information content (AvgIpc) is 3.17. The van der Waals surface area contributed by atoms with Crippen LogP contribution in [0.2, 0.25) is 0 Å². The number of hydrogen-bond acceptors (Lipinski definition) is 8. The Labute approximate surface area is 185 Å². The Balaban J connectivity index is 1.86. The molecule has 0 saturated heterocycles. The van der Waals surface area contributed by atoms with Crippen molar-refractivity contribution in [1.82, 2.24) is 15.2 Å². The number of ether oxygens (including phenoxy) is 1. The number of nitrogens with two attached hydrogens (primary N) is 1. The lowest BCUT2D eigenvalue weighted by atomic mass is 10.1. The summed E-state index contributed by atoms with van der Waals surface area (Å²) in [7, 11) is 0. The van der Waals surface area contributed by atoms with Crippen LogP contribution < -0.4 is 15.8 Å². The Hall–Kier alpha value is -2.62. The van der Waals surface area contributed by atoms with E-state index in [1.807, 2.05) is 26.0 Å². The number of benzene rings is 1. The maximum Gasteiger partial charge on any atom is 0.165 e. The summed E-state index contributed by atoms with van der Waals surface area (Å²) in [5, 5.41) is 22.7. The molecular formula is C22H28FN5O2S. The van der Waals surface area contributed by atoms with Crippen LogP contribution >= 0.6 is 11.3 Å². The summed E-state index contributed by atoms with van der Waals surface area (Å²) >= 11 is 1.39. The van der Waals surface area contributed by atoms with Gasteiger partial charge in [0.25, 0.3) is 0 Å². The molecule has 7 nitrogen and oxygen atoms in total. The van der Waals surface area contributed by atoms with E-state index in [1.54, 1.807) is 13.0 Å². The summed E-state index contributed by atoms with van der Waals surface area (Å²) in [6, 6.07) is 6.56. The summed E-state index contributed by atoms with van der Waals surface area (Å²) in [6.07, 6.45) is -0.740. The van der Waals surface area contributed by atoms with Gasteiger partial charge >= 0.3 is 0 Å². The van der Waals surface area contributed by atoms with E-state index in [0.717, 1.165) is 27.6 Å². The lowest BCUT2D eigenvalue weighted by Crippen LogP contribution is -2.38. The summed E-state index contributed by atoms with van der Waals surface area (Å²) in [6.45, 7) is 9.48. The molecule has 1 aromatic carbocycles. The van der Waals surface area contributed by atoms with Gasteiger partial charge in [0.1, 0.15) is 22.4 Å². The van der Waals surface area contributed by atoms with Gasteiger partial charge in [-0.15, -0.1) is 10.2 Å². The number of halogens is 1. The predicted molar refractivity (Wildman–Crippen MR) is 122 cm³/mol. The van der Waals surface area contributed by atoms with Crippen LogP contribution in [0.3, 0.4) is 0 Å². The predicted octanol–water partition coefficient (Wildman–Crippen LogP) is 3.93. The second-order valence-electron chi connectivity index (χ2n) is 7.91. The fourth-order valence-electron chi connectivity index (χ4n) is 2.93. The number of aryl methyl sites for hydroxylation is 2. The minimum atomic E-state index is -0.740. The van der Waals surface area contributed by atoms with E-state index in [2.05, 4.69) is 34.3 Å². The molecule has 0 saturated carbocycles. The third-order valence-electron chi connectivity index (χ3n) is 4.62. The third-order valence-corrected chi connectivity index (χ3v) is 5.63. The molecule has 0 aliphatic carbocycles. The highest BCUT2D eigenvalue weighted by molar-refractivity contribution is 7.17. The van der Waals surface area contributed by atoms with Crippen molar-refractivity contribution in [2.75, 3.05) is 11.9 Å². The normalized spacial score (nSPS) is 13.3. The molecule has 3 aromatic rings. The minimum absolute atomic E-state index is 0.0183. The maximum atomic E-state index is 14.6. The molecule has 0 unspecified atom stereocenters. The van der Waals surface area contributed by atoms with E-state index in [1.165, 1.54) is 17.4 Å². The van der Waals surface area contributed by atoms with Crippen molar-refractivity contribution in [2.24, 2.45) is 5.73 Å². The Morgan fingerprint density at radius 1 is 1.13 bits per heavy atom. The second kappa shape index (κ2) is 9.67. The largest absolute Gasteiger partial charge is 0.489 e. The molecule has 166 valence electrons. The van der Waals surface area contributed by atoms with E-state index in [4.69, 9.17) is 10.5 Å². The van der Waals surface area contributed by atoms with E-state index in [9.17, 15) is 9.50 Å². The van der Waals surface area contributed by atoms with Crippen LogP contribution in [0.15, 0.2) is 24.3 Å². The fraction of sp³-hybridized carbons (Fsp3) is 0.409. The Morgan fingerprint density at radius 2 is 1.84 bits per heavy atom. The zero-order valence-electron chi connectivity index (χ0n) is 18.3. The van der Waals surface area contributed by atoms with E-state index >= 15 is 0 Å². The van der Waals surface area contributed by atoms with E-state index < -0.39 is 18.0 Å². The van der Waals surface area contributed by atoms with Gasteiger partial charge in [-0.25, -0.2) is 9.37 Å². The fourth-order valence-corrected chi connectivity index (χ4v) is 3.84. The molecule has 3 rings (SSSR count). The van der Waals surface area contributed by atoms with Crippen LogP contribution in [-0.2, 0) is 0 Å². The molecule has 0 fully saturated rings. The van der Waals surface area contributed by atoms with Crippen molar-refractivity contribution in [2.45, 2.75) is 52.8 Å². The SMILES string of the molecule is Cc1cc(-c2nnc(-c3cc(F)c(OC[C@H](N)[C@H](C)O)cc3C)s2)cc(NC(C)C)n1. The summed E-state index contributed by atoms with van der Waals surface area (Å²) in [4.78, 5) is 4.50. The second-order valence-corrected chi connectivity index (χ2v) is 8.88. The molecule has 0 aliphatic heterocycles. The maximum absolute atomic E-state index is 14.6. The zero-order chi connectivity index (χ0) is 22.7. The first-order valence-electron chi connectivity index (χ1n) is 10.1. The summed E-state index contributed by atoms with van der Waals surface area (Å²) in [5.74, 6) is 0.357. The van der Waals surface area contributed by atoms with Crippen LogP contribution in [-0.4, -0.2) is 45.1 Å². The smallest absolute Gasteiger partial charge is 0.165 e. The van der Waals surface area contributed by atoms with Crippen molar-refractivity contribution in [3.8, 4) is 26.9 Å². The molecule has 2 aromatic heterocycles. The highest BCUT2D eigenvalue weighted by atomic mass is 32.1. The van der Waals surface area contributed by atoms with Gasteiger partial charge in [-0.05, 0) is 64.4 Å². The number of hydrogen-bond donors (Lipinski definition) is 3. The molecular weight excluding hydrogens is 417 g/mol. The van der Waals surface area contributed by atoms with Crippen molar-refractivity contribution in [1.29, 1.82) is 0 Å². The van der Waals surface area contributed by atoms with Crippen LogP contribution in [0.4, 0.5) is 10.2 Å². The number of aromatic nitrogens is 3. The third kappa shape index (κ3) is 5.75. The van der Waals surface area contributed by atoms with Crippen molar-refractivity contribution in [3.63, 3.8) is 0 Å². The molecule has 0 bridgehead atoms. The van der Waals surface area contributed by atoms with Gasteiger partial charge in [-0.3, -0.25) is 0 Å². The Morgan fingerprint density at radius 3 is 2.52 bits per heavy atom. The van der Waals surface area contributed by atoms with Crippen molar-refractivity contribution >= 4 is 17.2 Å².